The lowest BCUT2D eigenvalue weighted by molar-refractivity contribution is 0.102. The first kappa shape index (κ1) is 22.4. The third-order valence-corrected chi connectivity index (χ3v) is 4.40. The van der Waals surface area contributed by atoms with Crippen LogP contribution < -0.4 is 10.1 Å². The normalized spacial score (nSPS) is 10.0. The zero-order valence-corrected chi connectivity index (χ0v) is 16.5. The summed E-state index contributed by atoms with van der Waals surface area (Å²) in [5.41, 5.74) is 2.58. The number of hydrogen-bond acceptors (Lipinski definition) is 4. The number of nitrogens with one attached hydrogen (secondary N) is 2. The van der Waals surface area contributed by atoms with Crippen LogP contribution in [0.25, 0.3) is 0 Å². The van der Waals surface area contributed by atoms with Crippen LogP contribution in [0.1, 0.15) is 35.8 Å². The molecule has 0 atom stereocenters. The van der Waals surface area contributed by atoms with E-state index in [9.17, 15) is 4.79 Å². The number of carbonyl (C=O) groups excluding carboxylic acids is 1. The predicted molar refractivity (Wildman–Crippen MR) is 119 cm³/mol. The third-order valence-electron chi connectivity index (χ3n) is 3.94. The van der Waals surface area contributed by atoms with Gasteiger partial charge in [-0.3, -0.25) is 4.79 Å². The maximum Gasteiger partial charge on any atom is 0.260 e. The van der Waals surface area contributed by atoms with Crippen LogP contribution in [0.3, 0.4) is 0 Å². The molecule has 0 fully saturated rings. The van der Waals surface area contributed by atoms with Crippen LogP contribution in [0.4, 0.5) is 5.82 Å². The second-order valence-electron chi connectivity index (χ2n) is 6.07. The summed E-state index contributed by atoms with van der Waals surface area (Å²) in [7, 11) is 0. The number of amides is 1. The van der Waals surface area contributed by atoms with Crippen LogP contribution in [0, 0.1) is 5.41 Å². The van der Waals surface area contributed by atoms with Crippen LogP contribution in [-0.2, 0) is 6.61 Å². The smallest absolute Gasteiger partial charge is 0.260 e. The maximum atomic E-state index is 12.7. The van der Waals surface area contributed by atoms with E-state index in [0.717, 1.165) is 11.1 Å². The highest BCUT2D eigenvalue weighted by Crippen LogP contribution is 2.25. The molecule has 0 aliphatic heterocycles. The Hall–Kier alpha value is -2.89. The average molecular weight is 430 g/mol. The molecule has 1 heterocycles. The molecule has 0 aliphatic rings. The van der Waals surface area contributed by atoms with Gasteiger partial charge >= 0.3 is 0 Å². The van der Waals surface area contributed by atoms with Gasteiger partial charge in [0.2, 0.25) is 0 Å². The van der Waals surface area contributed by atoms with E-state index < -0.39 is 0 Å². The summed E-state index contributed by atoms with van der Waals surface area (Å²) in [5, 5.41) is 11.2. The first-order valence-electron chi connectivity index (χ1n) is 8.42. The van der Waals surface area contributed by atoms with Gasteiger partial charge < -0.3 is 15.5 Å². The number of halogens is 2. The van der Waals surface area contributed by atoms with Crippen molar-refractivity contribution in [1.29, 1.82) is 5.41 Å². The Bertz CT molecular complexity index is 1000. The van der Waals surface area contributed by atoms with Crippen LogP contribution in [-0.4, -0.2) is 16.6 Å². The second kappa shape index (κ2) is 10.0. The summed E-state index contributed by atoms with van der Waals surface area (Å²) in [6.45, 7) is 2.01. The Labute approximate surface area is 180 Å². The Kier molecular flexibility index (Phi) is 7.76. The molecule has 1 amide bonds. The van der Waals surface area contributed by atoms with E-state index in [1.54, 1.807) is 37.3 Å². The molecular weight excluding hydrogens is 409 g/mol. The summed E-state index contributed by atoms with van der Waals surface area (Å²) in [4.78, 5) is 16.7. The van der Waals surface area contributed by atoms with Gasteiger partial charge in [-0.25, -0.2) is 4.98 Å². The highest BCUT2D eigenvalue weighted by molar-refractivity contribution is 6.31. The lowest BCUT2D eigenvalue weighted by atomic mass is 10.1. The molecule has 2 N–H and O–H groups in total. The molecule has 7 heteroatoms. The van der Waals surface area contributed by atoms with Crippen molar-refractivity contribution in [3.05, 3.63) is 87.5 Å². The molecule has 0 radical (unpaired) electrons. The van der Waals surface area contributed by atoms with Crippen LogP contribution >= 0.6 is 23.2 Å². The summed E-state index contributed by atoms with van der Waals surface area (Å²) in [5.74, 6) is 0.392. The molecule has 3 aromatic rings. The van der Waals surface area contributed by atoms with Gasteiger partial charge in [0.1, 0.15) is 18.2 Å². The minimum Gasteiger partial charge on any atom is -0.488 e. The molecule has 0 aliphatic carbocycles. The summed E-state index contributed by atoms with van der Waals surface area (Å²) in [6, 6.07) is 15.6. The van der Waals surface area contributed by atoms with Gasteiger partial charge in [0.15, 0.2) is 0 Å². The van der Waals surface area contributed by atoms with E-state index in [1.807, 2.05) is 24.3 Å². The van der Waals surface area contributed by atoms with Gasteiger partial charge in [-0.05, 0) is 48.4 Å². The Morgan fingerprint density at radius 2 is 1.76 bits per heavy atom. The molecule has 0 spiro atoms. The first-order valence-corrected chi connectivity index (χ1v) is 9.17. The summed E-state index contributed by atoms with van der Waals surface area (Å²) < 4.78 is 5.84. The lowest BCUT2D eigenvalue weighted by Crippen LogP contribution is -2.14. The highest BCUT2D eigenvalue weighted by Gasteiger charge is 2.15. The highest BCUT2D eigenvalue weighted by atomic mass is 35.5. The lowest BCUT2D eigenvalue weighted by Gasteiger charge is -2.12. The molecular formula is C22H21Cl2N3O2. The number of benzene rings is 2. The SMILES string of the molecule is C.CC(=N)c1ccc(COc2ccc(Cl)cc2C(=O)Nc2ccc(Cl)cn2)cc1. The molecule has 1 aromatic heterocycles. The van der Waals surface area contributed by atoms with E-state index in [-0.39, 0.29) is 19.9 Å². The minimum atomic E-state index is -0.387. The fourth-order valence-electron chi connectivity index (χ4n) is 2.45. The Morgan fingerprint density at radius 3 is 2.38 bits per heavy atom. The van der Waals surface area contributed by atoms with E-state index in [1.165, 1.54) is 6.20 Å². The third kappa shape index (κ3) is 6.04. The van der Waals surface area contributed by atoms with Crippen molar-refractivity contribution in [2.75, 3.05) is 5.32 Å². The zero-order valence-electron chi connectivity index (χ0n) is 15.0. The maximum absolute atomic E-state index is 12.7. The van der Waals surface area contributed by atoms with Gasteiger partial charge in [0.05, 0.1) is 10.6 Å². The number of nitrogens with zero attached hydrogens (tertiary/aromatic N) is 1. The van der Waals surface area contributed by atoms with Crippen LogP contribution in [0.5, 0.6) is 5.75 Å². The van der Waals surface area contributed by atoms with E-state index in [2.05, 4.69) is 10.3 Å². The molecule has 0 unspecified atom stereocenters. The number of aromatic nitrogens is 1. The first-order chi connectivity index (χ1) is 13.4. The molecule has 0 saturated carbocycles. The van der Waals surface area contributed by atoms with E-state index >= 15 is 0 Å². The molecule has 29 heavy (non-hydrogen) atoms. The van der Waals surface area contributed by atoms with Crippen molar-refractivity contribution < 1.29 is 9.53 Å². The van der Waals surface area contributed by atoms with Crippen molar-refractivity contribution in [3.63, 3.8) is 0 Å². The van der Waals surface area contributed by atoms with Gasteiger partial charge in [-0.1, -0.05) is 54.9 Å². The van der Waals surface area contributed by atoms with E-state index in [4.69, 9.17) is 33.3 Å². The minimum absolute atomic E-state index is 0. The van der Waals surface area contributed by atoms with Crippen molar-refractivity contribution in [1.82, 2.24) is 4.98 Å². The predicted octanol–water partition coefficient (Wildman–Crippen LogP) is 6.24. The molecule has 3 rings (SSSR count). The number of hydrogen-bond donors (Lipinski definition) is 2. The van der Waals surface area contributed by atoms with Crippen molar-refractivity contribution in [2.24, 2.45) is 0 Å². The topological polar surface area (TPSA) is 75.1 Å². The van der Waals surface area contributed by atoms with Gasteiger partial charge in [0.25, 0.3) is 5.91 Å². The van der Waals surface area contributed by atoms with Crippen LogP contribution in [0.2, 0.25) is 10.0 Å². The number of rotatable bonds is 6. The molecule has 5 nitrogen and oxygen atoms in total. The Balaban J connectivity index is 0.00000300. The standard InChI is InChI=1S/C21H17Cl2N3O2.CH4/c1-13(24)15-4-2-14(3-5-15)12-28-19-8-6-16(22)10-18(19)21(27)26-20-9-7-17(23)11-25-20;/h2-11,24H,12H2,1H3,(H,25,26,27);1H4. The number of pyridine rings is 1. The number of carbonyl (C=O) groups is 1. The fourth-order valence-corrected chi connectivity index (χ4v) is 2.73. The largest absolute Gasteiger partial charge is 0.488 e. The quantitative estimate of drug-likeness (QED) is 0.455. The zero-order chi connectivity index (χ0) is 20.1. The van der Waals surface area contributed by atoms with Gasteiger partial charge in [0, 0.05) is 16.9 Å². The Morgan fingerprint density at radius 1 is 1.07 bits per heavy atom. The van der Waals surface area contributed by atoms with Crippen molar-refractivity contribution in [2.45, 2.75) is 21.0 Å². The van der Waals surface area contributed by atoms with Gasteiger partial charge in [-0.15, -0.1) is 0 Å². The summed E-state index contributed by atoms with van der Waals surface area (Å²) >= 11 is 11.9. The number of anilines is 1. The molecule has 2 aromatic carbocycles. The average Bonchev–Trinajstić information content (AvgIpc) is 2.69. The van der Waals surface area contributed by atoms with Crippen molar-refractivity contribution in [3.8, 4) is 5.75 Å². The summed E-state index contributed by atoms with van der Waals surface area (Å²) in [6.07, 6.45) is 1.45. The van der Waals surface area contributed by atoms with E-state index in [0.29, 0.717) is 32.9 Å². The molecule has 0 bridgehead atoms. The second-order valence-corrected chi connectivity index (χ2v) is 6.94. The monoisotopic (exact) mass is 429 g/mol. The molecule has 150 valence electrons. The fraction of sp³-hybridized carbons (Fsp3) is 0.136. The van der Waals surface area contributed by atoms with Gasteiger partial charge in [-0.2, -0.15) is 0 Å². The van der Waals surface area contributed by atoms with Crippen LogP contribution in [0.15, 0.2) is 60.8 Å². The number of ether oxygens (including phenoxy) is 1. The molecule has 0 saturated heterocycles. The van der Waals surface area contributed by atoms with Crippen molar-refractivity contribution >= 4 is 40.6 Å².